The van der Waals surface area contributed by atoms with Crippen molar-refractivity contribution in [1.29, 1.82) is 0 Å². The highest BCUT2D eigenvalue weighted by Gasteiger charge is 2.29. The van der Waals surface area contributed by atoms with Gasteiger partial charge < -0.3 is 15.1 Å². The Labute approximate surface area is 178 Å². The minimum absolute atomic E-state index is 0. The van der Waals surface area contributed by atoms with E-state index in [-0.39, 0.29) is 24.0 Å². The molecule has 5 nitrogen and oxygen atoms in total. The molecular weight excluding hydrogens is 470 g/mol. The minimum Gasteiger partial charge on any atom is -0.357 e. The maximum absolute atomic E-state index is 12.4. The summed E-state index contributed by atoms with van der Waals surface area (Å²) in [6.45, 7) is 8.14. The molecule has 0 amide bonds. The van der Waals surface area contributed by atoms with Crippen molar-refractivity contribution >= 4 is 29.9 Å². The summed E-state index contributed by atoms with van der Waals surface area (Å²) >= 11 is 0. The van der Waals surface area contributed by atoms with Crippen LogP contribution in [0.15, 0.2) is 4.99 Å². The van der Waals surface area contributed by atoms with Gasteiger partial charge in [-0.25, -0.2) is 0 Å². The molecular formula is C18H35F3IN5. The van der Waals surface area contributed by atoms with Gasteiger partial charge in [-0.15, -0.1) is 24.0 Å². The molecule has 0 aromatic heterocycles. The lowest BCUT2D eigenvalue weighted by Gasteiger charge is -2.29. The third-order valence-electron chi connectivity index (χ3n) is 5.08. The fourth-order valence-corrected chi connectivity index (χ4v) is 3.82. The fourth-order valence-electron chi connectivity index (χ4n) is 3.82. The summed E-state index contributed by atoms with van der Waals surface area (Å²) in [5, 5.41) is 3.29. The lowest BCUT2D eigenvalue weighted by atomic mass is 10.1. The molecule has 1 N–H and O–H groups in total. The van der Waals surface area contributed by atoms with Crippen LogP contribution < -0.4 is 5.32 Å². The lowest BCUT2D eigenvalue weighted by molar-refractivity contribution is -0.142. The van der Waals surface area contributed by atoms with Gasteiger partial charge in [0, 0.05) is 32.7 Å². The summed E-state index contributed by atoms with van der Waals surface area (Å²) in [4.78, 5) is 10.7. The molecule has 0 radical (unpaired) electrons. The molecule has 2 aliphatic heterocycles. The maximum atomic E-state index is 12.4. The van der Waals surface area contributed by atoms with Crippen molar-refractivity contribution < 1.29 is 13.2 Å². The van der Waals surface area contributed by atoms with E-state index < -0.39 is 12.7 Å². The summed E-state index contributed by atoms with van der Waals surface area (Å²) in [5.74, 6) is 1.50. The molecule has 9 heteroatoms. The van der Waals surface area contributed by atoms with E-state index in [1.165, 1.54) is 44.3 Å². The van der Waals surface area contributed by atoms with E-state index in [0.717, 1.165) is 38.6 Å². The molecule has 27 heavy (non-hydrogen) atoms. The molecule has 2 fully saturated rings. The summed E-state index contributed by atoms with van der Waals surface area (Å²) in [6.07, 6.45) is 0.986. The van der Waals surface area contributed by atoms with E-state index in [1.54, 1.807) is 0 Å². The quantitative estimate of drug-likeness (QED) is 0.328. The first-order valence-electron chi connectivity index (χ1n) is 9.88. The number of likely N-dealkylation sites (N-methyl/N-ethyl adjacent to an activating group) is 1. The standard InChI is InChI=1S/C18H34F3N5.HI/c1-3-22-17(23-8-12-24(2)15-18(19,20)21)26-11-7-16(14-26)13-25-9-5-4-6-10-25;/h16H,3-15H2,1-2H3,(H,22,23);1H. The first-order chi connectivity index (χ1) is 12.4. The monoisotopic (exact) mass is 505 g/mol. The molecule has 2 aliphatic rings. The first-order valence-corrected chi connectivity index (χ1v) is 9.88. The van der Waals surface area contributed by atoms with Gasteiger partial charge in [-0.1, -0.05) is 6.42 Å². The summed E-state index contributed by atoms with van der Waals surface area (Å²) < 4.78 is 37.2. The zero-order chi connectivity index (χ0) is 19.0. The van der Waals surface area contributed by atoms with Gasteiger partial charge in [0.25, 0.3) is 0 Å². The highest BCUT2D eigenvalue weighted by atomic mass is 127. The van der Waals surface area contributed by atoms with Crippen LogP contribution in [0.1, 0.15) is 32.6 Å². The number of hydrogen-bond acceptors (Lipinski definition) is 3. The van der Waals surface area contributed by atoms with Crippen LogP contribution in [0.5, 0.6) is 0 Å². The number of piperidine rings is 1. The number of nitrogens with one attached hydrogen (secondary N) is 1. The van der Waals surface area contributed by atoms with Gasteiger partial charge in [0.1, 0.15) is 0 Å². The molecule has 0 bridgehead atoms. The first kappa shape index (κ1) is 24.7. The predicted molar refractivity (Wildman–Crippen MR) is 115 cm³/mol. The summed E-state index contributed by atoms with van der Waals surface area (Å²) in [6, 6.07) is 0. The van der Waals surface area contributed by atoms with Crippen molar-refractivity contribution in [2.24, 2.45) is 10.9 Å². The number of halogens is 4. The molecule has 0 aromatic rings. The smallest absolute Gasteiger partial charge is 0.357 e. The number of hydrogen-bond donors (Lipinski definition) is 1. The SMILES string of the molecule is CCNC(=NCCN(C)CC(F)(F)F)N1CCC(CN2CCCCC2)C1.I. The van der Waals surface area contributed by atoms with Gasteiger partial charge in [-0.2, -0.15) is 13.2 Å². The zero-order valence-corrected chi connectivity index (χ0v) is 18.9. The third-order valence-corrected chi connectivity index (χ3v) is 5.08. The van der Waals surface area contributed by atoms with Crippen molar-refractivity contribution in [3.8, 4) is 0 Å². The summed E-state index contributed by atoms with van der Waals surface area (Å²) in [5.41, 5.74) is 0. The molecule has 0 aliphatic carbocycles. The Morgan fingerprint density at radius 2 is 1.89 bits per heavy atom. The second-order valence-corrected chi connectivity index (χ2v) is 7.55. The van der Waals surface area contributed by atoms with Crippen molar-refractivity contribution in [2.45, 2.75) is 38.8 Å². The van der Waals surface area contributed by atoms with Gasteiger partial charge in [0.2, 0.25) is 0 Å². The van der Waals surface area contributed by atoms with Crippen molar-refractivity contribution in [2.75, 3.05) is 66.0 Å². The topological polar surface area (TPSA) is 34.1 Å². The van der Waals surface area contributed by atoms with Crippen LogP contribution in [0.25, 0.3) is 0 Å². The van der Waals surface area contributed by atoms with E-state index >= 15 is 0 Å². The molecule has 0 aromatic carbocycles. The Hall–Kier alpha value is -0.290. The van der Waals surface area contributed by atoms with E-state index in [1.807, 2.05) is 6.92 Å². The Morgan fingerprint density at radius 3 is 2.52 bits per heavy atom. The van der Waals surface area contributed by atoms with Gasteiger partial charge in [-0.05, 0) is 52.2 Å². The highest BCUT2D eigenvalue weighted by Crippen LogP contribution is 2.20. The molecule has 0 saturated carbocycles. The van der Waals surface area contributed by atoms with Gasteiger partial charge in [0.05, 0.1) is 13.1 Å². The largest absolute Gasteiger partial charge is 0.401 e. The van der Waals surface area contributed by atoms with Crippen LogP contribution in [-0.4, -0.2) is 92.8 Å². The Balaban J connectivity index is 0.00000364. The van der Waals surface area contributed by atoms with E-state index in [4.69, 9.17) is 0 Å². The van der Waals surface area contributed by atoms with Crippen molar-refractivity contribution in [3.63, 3.8) is 0 Å². The Kier molecular flexibility index (Phi) is 11.3. The summed E-state index contributed by atoms with van der Waals surface area (Å²) in [7, 11) is 1.49. The number of alkyl halides is 3. The normalized spacial score (nSPS) is 22.2. The van der Waals surface area contributed by atoms with Crippen molar-refractivity contribution in [3.05, 3.63) is 0 Å². The fraction of sp³-hybridized carbons (Fsp3) is 0.944. The van der Waals surface area contributed by atoms with Gasteiger partial charge >= 0.3 is 6.18 Å². The van der Waals surface area contributed by atoms with Crippen LogP contribution in [0, 0.1) is 5.92 Å². The van der Waals surface area contributed by atoms with Crippen LogP contribution in [0.2, 0.25) is 0 Å². The molecule has 1 atom stereocenters. The molecule has 160 valence electrons. The Morgan fingerprint density at radius 1 is 1.19 bits per heavy atom. The molecule has 1 unspecified atom stereocenters. The molecule has 2 heterocycles. The van der Waals surface area contributed by atoms with E-state index in [2.05, 4.69) is 20.1 Å². The molecule has 0 spiro atoms. The number of aliphatic imine (C=N–C) groups is 1. The van der Waals surface area contributed by atoms with Crippen LogP contribution in [0.3, 0.4) is 0 Å². The van der Waals surface area contributed by atoms with Crippen LogP contribution >= 0.6 is 24.0 Å². The second kappa shape index (κ2) is 12.3. The number of guanidine groups is 1. The zero-order valence-electron chi connectivity index (χ0n) is 16.6. The average Bonchev–Trinajstić information content (AvgIpc) is 3.01. The van der Waals surface area contributed by atoms with Gasteiger partial charge in [0.15, 0.2) is 5.96 Å². The van der Waals surface area contributed by atoms with Crippen LogP contribution in [-0.2, 0) is 0 Å². The second-order valence-electron chi connectivity index (χ2n) is 7.55. The van der Waals surface area contributed by atoms with Crippen LogP contribution in [0.4, 0.5) is 13.2 Å². The maximum Gasteiger partial charge on any atom is 0.401 e. The Bertz CT molecular complexity index is 441. The average molecular weight is 505 g/mol. The van der Waals surface area contributed by atoms with E-state index in [0.29, 0.717) is 19.0 Å². The third kappa shape index (κ3) is 9.65. The highest BCUT2D eigenvalue weighted by molar-refractivity contribution is 14.0. The number of likely N-dealkylation sites (tertiary alicyclic amines) is 2. The number of rotatable bonds is 7. The molecule has 2 rings (SSSR count). The number of nitrogens with zero attached hydrogens (tertiary/aromatic N) is 4. The van der Waals surface area contributed by atoms with Gasteiger partial charge in [-0.3, -0.25) is 9.89 Å². The minimum atomic E-state index is -4.15. The van der Waals surface area contributed by atoms with E-state index in [9.17, 15) is 13.2 Å². The van der Waals surface area contributed by atoms with Crippen molar-refractivity contribution in [1.82, 2.24) is 20.0 Å². The predicted octanol–water partition coefficient (Wildman–Crippen LogP) is 2.87. The lowest BCUT2D eigenvalue weighted by Crippen LogP contribution is -2.42. The molecule has 2 saturated heterocycles.